The topological polar surface area (TPSA) is 94.9 Å². The van der Waals surface area contributed by atoms with Crippen molar-refractivity contribution in [1.29, 1.82) is 0 Å². The van der Waals surface area contributed by atoms with E-state index >= 15 is 0 Å². The minimum atomic E-state index is -3.58. The molecule has 0 amide bonds. The highest BCUT2D eigenvalue weighted by molar-refractivity contribution is 7.91. The first kappa shape index (κ1) is 17.1. The van der Waals surface area contributed by atoms with Crippen molar-refractivity contribution in [3.8, 4) is 0 Å². The lowest BCUT2D eigenvalue weighted by molar-refractivity contribution is 0.0589. The van der Waals surface area contributed by atoms with E-state index in [0.717, 1.165) is 0 Å². The van der Waals surface area contributed by atoms with Gasteiger partial charge in [-0.15, -0.1) is 0 Å². The van der Waals surface area contributed by atoms with E-state index < -0.39 is 15.8 Å². The summed E-state index contributed by atoms with van der Waals surface area (Å²) in [5.74, 6) is -0.947. The molecule has 0 aliphatic heterocycles. The number of pyridine rings is 1. The molecule has 0 bridgehead atoms. The maximum absolute atomic E-state index is 12.0. The monoisotopic (exact) mass is 314 g/mol. The van der Waals surface area contributed by atoms with Crippen molar-refractivity contribution in [2.45, 2.75) is 25.7 Å². The van der Waals surface area contributed by atoms with Crippen LogP contribution in [0.3, 0.4) is 0 Å². The number of ether oxygens (including phenoxy) is 1. The Morgan fingerprint density at radius 1 is 1.33 bits per heavy atom. The van der Waals surface area contributed by atoms with Gasteiger partial charge in [0.15, 0.2) is 15.5 Å². The molecule has 0 aliphatic carbocycles. The standard InChI is InChI=1S/C13H18N2O5S/c1-5-20-15-9(3)10-7-8-11(21(17,18)6-2)12(14-10)13(16)19-4/h7-8H,5-6H2,1-4H3/b15-9+. The predicted molar refractivity (Wildman–Crippen MR) is 77.1 cm³/mol. The quantitative estimate of drug-likeness (QED) is 0.448. The fourth-order valence-electron chi connectivity index (χ4n) is 1.51. The maximum Gasteiger partial charge on any atom is 0.358 e. The lowest BCUT2D eigenvalue weighted by Crippen LogP contribution is -2.16. The van der Waals surface area contributed by atoms with Crippen molar-refractivity contribution in [3.05, 3.63) is 23.5 Å². The Balaban J connectivity index is 3.42. The molecule has 0 aliphatic rings. The summed E-state index contributed by atoms with van der Waals surface area (Å²) >= 11 is 0. The molecule has 1 aromatic heterocycles. The number of carbonyl (C=O) groups excluding carboxylic acids is 1. The van der Waals surface area contributed by atoms with Crippen LogP contribution in [0.2, 0.25) is 0 Å². The van der Waals surface area contributed by atoms with Crippen molar-refractivity contribution in [2.75, 3.05) is 19.5 Å². The van der Waals surface area contributed by atoms with Crippen LogP contribution in [0.25, 0.3) is 0 Å². The number of aromatic nitrogens is 1. The zero-order chi connectivity index (χ0) is 16.0. The van der Waals surface area contributed by atoms with Gasteiger partial charge in [0, 0.05) is 0 Å². The number of methoxy groups -OCH3 is 1. The van der Waals surface area contributed by atoms with Gasteiger partial charge in [-0.05, 0) is 26.0 Å². The van der Waals surface area contributed by atoms with Crippen molar-refractivity contribution in [3.63, 3.8) is 0 Å². The van der Waals surface area contributed by atoms with E-state index in [9.17, 15) is 13.2 Å². The molecule has 0 fully saturated rings. The fraction of sp³-hybridized carbons (Fsp3) is 0.462. The van der Waals surface area contributed by atoms with Gasteiger partial charge in [-0.1, -0.05) is 12.1 Å². The van der Waals surface area contributed by atoms with Crippen LogP contribution in [0, 0.1) is 0 Å². The number of carbonyl (C=O) groups is 1. The van der Waals surface area contributed by atoms with E-state index in [1.807, 2.05) is 0 Å². The Morgan fingerprint density at radius 2 is 2.00 bits per heavy atom. The molecule has 0 aromatic carbocycles. The maximum atomic E-state index is 12.0. The third kappa shape index (κ3) is 4.01. The first-order valence-corrected chi connectivity index (χ1v) is 8.01. The van der Waals surface area contributed by atoms with Crippen LogP contribution in [0.15, 0.2) is 22.2 Å². The molecule has 0 radical (unpaired) electrons. The fourth-order valence-corrected chi connectivity index (χ4v) is 2.52. The third-order valence-corrected chi connectivity index (χ3v) is 4.41. The molecule has 0 atom stereocenters. The van der Waals surface area contributed by atoms with Crippen LogP contribution >= 0.6 is 0 Å². The molecule has 0 spiro atoms. The molecule has 1 rings (SSSR count). The van der Waals surface area contributed by atoms with Crippen LogP contribution in [-0.4, -0.2) is 44.6 Å². The summed E-state index contributed by atoms with van der Waals surface area (Å²) in [4.78, 5) is 20.6. The molecular formula is C13H18N2O5S. The summed E-state index contributed by atoms with van der Waals surface area (Å²) in [5, 5.41) is 3.80. The SMILES string of the molecule is CCO/N=C(\C)c1ccc(S(=O)(=O)CC)c(C(=O)OC)n1. The second kappa shape index (κ2) is 7.16. The van der Waals surface area contributed by atoms with Gasteiger partial charge < -0.3 is 9.57 Å². The summed E-state index contributed by atoms with van der Waals surface area (Å²) < 4.78 is 28.6. The van der Waals surface area contributed by atoms with Crippen LogP contribution < -0.4 is 0 Å². The van der Waals surface area contributed by atoms with E-state index in [0.29, 0.717) is 18.0 Å². The van der Waals surface area contributed by atoms with Crippen LogP contribution in [-0.2, 0) is 19.4 Å². The molecule has 0 unspecified atom stereocenters. The average molecular weight is 314 g/mol. The largest absolute Gasteiger partial charge is 0.464 e. The molecule has 0 N–H and O–H groups in total. The second-order valence-electron chi connectivity index (χ2n) is 4.03. The highest BCUT2D eigenvalue weighted by Gasteiger charge is 2.24. The van der Waals surface area contributed by atoms with E-state index in [1.54, 1.807) is 13.8 Å². The Kier molecular flexibility index (Phi) is 5.83. The van der Waals surface area contributed by atoms with Crippen molar-refractivity contribution < 1.29 is 22.8 Å². The van der Waals surface area contributed by atoms with E-state index in [-0.39, 0.29) is 16.3 Å². The molecule has 7 nitrogen and oxygen atoms in total. The van der Waals surface area contributed by atoms with E-state index in [1.165, 1.54) is 26.2 Å². The van der Waals surface area contributed by atoms with Crippen molar-refractivity contribution >= 4 is 21.5 Å². The first-order valence-electron chi connectivity index (χ1n) is 6.36. The molecule has 21 heavy (non-hydrogen) atoms. The highest BCUT2D eigenvalue weighted by atomic mass is 32.2. The Morgan fingerprint density at radius 3 is 2.52 bits per heavy atom. The summed E-state index contributed by atoms with van der Waals surface area (Å²) in [7, 11) is -2.41. The van der Waals surface area contributed by atoms with Gasteiger partial charge in [0.05, 0.1) is 18.6 Å². The number of hydrogen-bond acceptors (Lipinski definition) is 7. The first-order chi connectivity index (χ1) is 9.87. The van der Waals surface area contributed by atoms with Gasteiger partial charge in [0.25, 0.3) is 0 Å². The predicted octanol–water partition coefficient (Wildman–Crippen LogP) is 1.42. The van der Waals surface area contributed by atoms with Crippen LogP contribution in [0.1, 0.15) is 37.0 Å². The number of hydrogen-bond donors (Lipinski definition) is 0. The van der Waals surface area contributed by atoms with Crippen LogP contribution in [0.5, 0.6) is 0 Å². The van der Waals surface area contributed by atoms with Crippen molar-refractivity contribution in [1.82, 2.24) is 4.98 Å². The Bertz CT molecular complexity index is 653. The number of oxime groups is 1. The highest BCUT2D eigenvalue weighted by Crippen LogP contribution is 2.17. The summed E-state index contributed by atoms with van der Waals surface area (Å²) in [5.41, 5.74) is 0.532. The van der Waals surface area contributed by atoms with Gasteiger partial charge in [0.2, 0.25) is 0 Å². The Hall–Kier alpha value is -1.96. The number of sulfone groups is 1. The van der Waals surface area contributed by atoms with Crippen molar-refractivity contribution in [2.24, 2.45) is 5.16 Å². The van der Waals surface area contributed by atoms with E-state index in [2.05, 4.69) is 14.9 Å². The lowest BCUT2D eigenvalue weighted by Gasteiger charge is -2.09. The number of esters is 1. The van der Waals surface area contributed by atoms with E-state index in [4.69, 9.17) is 4.84 Å². The van der Waals surface area contributed by atoms with Gasteiger partial charge in [-0.3, -0.25) is 0 Å². The molecule has 1 heterocycles. The molecular weight excluding hydrogens is 296 g/mol. The zero-order valence-electron chi connectivity index (χ0n) is 12.4. The minimum absolute atomic E-state index is 0.135. The number of nitrogens with zero attached hydrogens (tertiary/aromatic N) is 2. The summed E-state index contributed by atoms with van der Waals surface area (Å²) in [6.07, 6.45) is 0. The molecule has 8 heteroatoms. The molecule has 0 saturated carbocycles. The smallest absolute Gasteiger partial charge is 0.358 e. The second-order valence-corrected chi connectivity index (χ2v) is 6.28. The minimum Gasteiger partial charge on any atom is -0.464 e. The summed E-state index contributed by atoms with van der Waals surface area (Å²) in [6, 6.07) is 2.81. The zero-order valence-corrected chi connectivity index (χ0v) is 13.2. The third-order valence-electron chi connectivity index (χ3n) is 2.65. The van der Waals surface area contributed by atoms with Gasteiger partial charge in [-0.25, -0.2) is 18.2 Å². The van der Waals surface area contributed by atoms with Gasteiger partial charge >= 0.3 is 5.97 Å². The lowest BCUT2D eigenvalue weighted by atomic mass is 10.2. The average Bonchev–Trinajstić information content (AvgIpc) is 2.51. The van der Waals surface area contributed by atoms with Gasteiger partial charge in [-0.2, -0.15) is 0 Å². The van der Waals surface area contributed by atoms with Crippen LogP contribution in [0.4, 0.5) is 0 Å². The number of rotatable bonds is 6. The summed E-state index contributed by atoms with van der Waals surface area (Å²) in [6.45, 7) is 5.31. The molecule has 0 saturated heterocycles. The normalized spacial score (nSPS) is 12.1. The van der Waals surface area contributed by atoms with Gasteiger partial charge in [0.1, 0.15) is 17.2 Å². The molecule has 116 valence electrons. The Labute approximate surface area is 123 Å². The molecule has 1 aromatic rings.